The van der Waals surface area contributed by atoms with E-state index in [-0.39, 0.29) is 0 Å². The van der Waals surface area contributed by atoms with Crippen LogP contribution in [0.4, 0.5) is 8.78 Å². The first-order chi connectivity index (χ1) is 8.56. The van der Waals surface area contributed by atoms with Crippen molar-refractivity contribution in [1.82, 2.24) is 9.88 Å². The second-order valence-electron chi connectivity index (χ2n) is 4.24. The molecule has 5 heteroatoms. The van der Waals surface area contributed by atoms with Crippen LogP contribution in [-0.4, -0.2) is 16.9 Å². The molecule has 0 aliphatic carbocycles. The molecule has 18 heavy (non-hydrogen) atoms. The lowest BCUT2D eigenvalue weighted by molar-refractivity contribution is 0.308. The molecule has 0 amide bonds. The van der Waals surface area contributed by atoms with Gasteiger partial charge in [-0.05, 0) is 20.0 Å². The normalized spacial score (nSPS) is 11.2. The molecule has 0 radical (unpaired) electrons. The molecule has 0 aliphatic heterocycles. The fourth-order valence-electron chi connectivity index (χ4n) is 1.77. The summed E-state index contributed by atoms with van der Waals surface area (Å²) in [5.74, 6) is -1.57. The Kier molecular flexibility index (Phi) is 4.04. The molecule has 0 N–H and O–H groups in total. The topological polar surface area (TPSA) is 16.1 Å². The van der Waals surface area contributed by atoms with Crippen LogP contribution in [0.1, 0.15) is 16.3 Å². The molecular weight excluding hydrogens is 254 g/mol. The number of hydrogen-bond acceptors (Lipinski definition) is 3. The number of benzene rings is 1. The Morgan fingerprint density at radius 3 is 2.72 bits per heavy atom. The summed E-state index contributed by atoms with van der Waals surface area (Å²) >= 11 is 1.59. The Bertz CT molecular complexity index is 540. The lowest BCUT2D eigenvalue weighted by Gasteiger charge is -2.15. The van der Waals surface area contributed by atoms with Crippen molar-refractivity contribution >= 4 is 11.3 Å². The molecule has 1 aromatic heterocycles. The van der Waals surface area contributed by atoms with E-state index in [1.807, 2.05) is 24.3 Å². The second-order valence-corrected chi connectivity index (χ2v) is 5.31. The maximum Gasteiger partial charge on any atom is 0.163 e. The van der Waals surface area contributed by atoms with Gasteiger partial charge in [0.2, 0.25) is 0 Å². The van der Waals surface area contributed by atoms with Crippen molar-refractivity contribution in [2.75, 3.05) is 7.05 Å². The van der Waals surface area contributed by atoms with Crippen LogP contribution in [0.3, 0.4) is 0 Å². The maximum atomic E-state index is 13.5. The molecule has 0 atom stereocenters. The summed E-state index contributed by atoms with van der Waals surface area (Å²) in [6.07, 6.45) is 0. The van der Waals surface area contributed by atoms with E-state index in [0.29, 0.717) is 18.7 Å². The third kappa shape index (κ3) is 3.11. The third-order valence-electron chi connectivity index (χ3n) is 2.57. The second kappa shape index (κ2) is 5.54. The van der Waals surface area contributed by atoms with Crippen LogP contribution in [0.25, 0.3) is 0 Å². The number of aromatic nitrogens is 1. The molecule has 2 aromatic rings. The molecule has 1 aromatic carbocycles. The van der Waals surface area contributed by atoms with Gasteiger partial charge in [0.05, 0.1) is 10.7 Å². The van der Waals surface area contributed by atoms with Crippen LogP contribution >= 0.6 is 11.3 Å². The molecule has 0 saturated heterocycles. The van der Waals surface area contributed by atoms with E-state index in [9.17, 15) is 8.78 Å². The summed E-state index contributed by atoms with van der Waals surface area (Å²) in [5, 5.41) is 2.99. The van der Waals surface area contributed by atoms with Gasteiger partial charge in [-0.1, -0.05) is 12.1 Å². The Hall–Kier alpha value is -1.33. The van der Waals surface area contributed by atoms with E-state index < -0.39 is 11.6 Å². The van der Waals surface area contributed by atoms with Gasteiger partial charge in [-0.2, -0.15) is 0 Å². The van der Waals surface area contributed by atoms with Gasteiger partial charge in [-0.3, -0.25) is 4.90 Å². The van der Waals surface area contributed by atoms with E-state index >= 15 is 0 Å². The first kappa shape index (κ1) is 13.1. The van der Waals surface area contributed by atoms with Gasteiger partial charge < -0.3 is 0 Å². The first-order valence-corrected chi connectivity index (χ1v) is 6.46. The van der Waals surface area contributed by atoms with Crippen molar-refractivity contribution in [3.63, 3.8) is 0 Å². The molecule has 2 rings (SSSR count). The van der Waals surface area contributed by atoms with E-state index in [2.05, 4.69) is 4.98 Å². The van der Waals surface area contributed by atoms with Crippen molar-refractivity contribution in [2.24, 2.45) is 0 Å². The Balaban J connectivity index is 2.03. The van der Waals surface area contributed by atoms with E-state index in [1.165, 1.54) is 6.07 Å². The number of aryl methyl sites for hydroxylation is 1. The Labute approximate surface area is 109 Å². The molecule has 0 aliphatic rings. The van der Waals surface area contributed by atoms with Gasteiger partial charge >= 0.3 is 0 Å². The predicted octanol–water partition coefficient (Wildman–Crippen LogP) is 3.36. The fraction of sp³-hybridized carbons (Fsp3) is 0.308. The summed E-state index contributed by atoms with van der Waals surface area (Å²) in [4.78, 5) is 6.25. The fourth-order valence-corrected chi connectivity index (χ4v) is 2.38. The molecular formula is C13H14F2N2S. The number of nitrogens with zero attached hydrogens (tertiary/aromatic N) is 2. The molecule has 1 heterocycles. The minimum absolute atomic E-state index is 0.361. The highest BCUT2D eigenvalue weighted by Crippen LogP contribution is 2.15. The van der Waals surface area contributed by atoms with Gasteiger partial charge in [-0.15, -0.1) is 11.3 Å². The van der Waals surface area contributed by atoms with E-state index in [1.54, 1.807) is 17.4 Å². The molecule has 2 nitrogen and oxygen atoms in total. The summed E-state index contributed by atoms with van der Waals surface area (Å²) in [6.45, 7) is 2.93. The van der Waals surface area contributed by atoms with Gasteiger partial charge in [0.15, 0.2) is 11.6 Å². The zero-order chi connectivity index (χ0) is 13.1. The molecule has 0 unspecified atom stereocenters. The van der Waals surface area contributed by atoms with Gasteiger partial charge in [0.1, 0.15) is 0 Å². The quantitative estimate of drug-likeness (QED) is 0.845. The number of hydrogen-bond donors (Lipinski definition) is 0. The molecule has 0 saturated carbocycles. The van der Waals surface area contributed by atoms with Gasteiger partial charge in [0.25, 0.3) is 0 Å². The lowest BCUT2D eigenvalue weighted by atomic mass is 10.2. The van der Waals surface area contributed by atoms with Gasteiger partial charge in [0, 0.05) is 24.0 Å². The SMILES string of the molecule is Cc1nc(CN(C)Cc2cccc(F)c2F)cs1. The highest BCUT2D eigenvalue weighted by atomic mass is 32.1. The van der Waals surface area contributed by atoms with E-state index in [0.717, 1.165) is 16.8 Å². The predicted molar refractivity (Wildman–Crippen MR) is 68.4 cm³/mol. The first-order valence-electron chi connectivity index (χ1n) is 5.58. The Morgan fingerprint density at radius 2 is 2.06 bits per heavy atom. The zero-order valence-corrected chi connectivity index (χ0v) is 11.1. The smallest absolute Gasteiger partial charge is 0.163 e. The molecule has 0 fully saturated rings. The van der Waals surface area contributed by atoms with E-state index in [4.69, 9.17) is 0 Å². The minimum Gasteiger partial charge on any atom is -0.296 e. The number of rotatable bonds is 4. The van der Waals surface area contributed by atoms with Crippen molar-refractivity contribution < 1.29 is 8.78 Å². The largest absolute Gasteiger partial charge is 0.296 e. The van der Waals surface area contributed by atoms with Gasteiger partial charge in [-0.25, -0.2) is 13.8 Å². The van der Waals surface area contributed by atoms with Crippen LogP contribution < -0.4 is 0 Å². The van der Waals surface area contributed by atoms with Crippen LogP contribution in [0, 0.1) is 18.6 Å². The average Bonchev–Trinajstić information content (AvgIpc) is 2.70. The zero-order valence-electron chi connectivity index (χ0n) is 10.3. The molecule has 0 bridgehead atoms. The lowest BCUT2D eigenvalue weighted by Crippen LogP contribution is -2.18. The van der Waals surface area contributed by atoms with Crippen molar-refractivity contribution in [1.29, 1.82) is 0 Å². The minimum atomic E-state index is -0.801. The van der Waals surface area contributed by atoms with Crippen LogP contribution in [0.5, 0.6) is 0 Å². The average molecular weight is 268 g/mol. The van der Waals surface area contributed by atoms with Crippen LogP contribution in [-0.2, 0) is 13.1 Å². The third-order valence-corrected chi connectivity index (χ3v) is 3.39. The molecule has 96 valence electrons. The Morgan fingerprint density at radius 1 is 1.28 bits per heavy atom. The number of thiazole rings is 1. The summed E-state index contributed by atoms with van der Waals surface area (Å²) in [6, 6.07) is 4.25. The molecule has 0 spiro atoms. The summed E-state index contributed by atoms with van der Waals surface area (Å²) in [5.41, 5.74) is 1.32. The van der Waals surface area contributed by atoms with Crippen LogP contribution in [0.15, 0.2) is 23.6 Å². The summed E-state index contributed by atoms with van der Waals surface area (Å²) < 4.78 is 26.5. The van der Waals surface area contributed by atoms with Crippen molar-refractivity contribution in [3.8, 4) is 0 Å². The summed E-state index contributed by atoms with van der Waals surface area (Å²) in [7, 11) is 1.86. The number of halogens is 2. The van der Waals surface area contributed by atoms with Crippen molar-refractivity contribution in [2.45, 2.75) is 20.0 Å². The maximum absolute atomic E-state index is 13.5. The monoisotopic (exact) mass is 268 g/mol. The highest BCUT2D eigenvalue weighted by Gasteiger charge is 2.10. The van der Waals surface area contributed by atoms with Crippen LogP contribution in [0.2, 0.25) is 0 Å². The highest BCUT2D eigenvalue weighted by molar-refractivity contribution is 7.09. The van der Waals surface area contributed by atoms with Crippen molar-refractivity contribution in [3.05, 3.63) is 51.5 Å². The standard InChI is InChI=1S/C13H14F2N2S/c1-9-16-11(8-18-9)7-17(2)6-10-4-3-5-12(14)13(10)15/h3-5,8H,6-7H2,1-2H3.